The third kappa shape index (κ3) is 2.44. The molecular formula is C17H12Cl2N2O2. The van der Waals surface area contributed by atoms with Crippen molar-refractivity contribution in [1.82, 2.24) is 10.6 Å². The Morgan fingerprint density at radius 2 is 1.91 bits per heavy atom. The van der Waals surface area contributed by atoms with Crippen molar-refractivity contribution in [2.45, 2.75) is 6.04 Å². The van der Waals surface area contributed by atoms with Gasteiger partial charge in [0.25, 0.3) is 0 Å². The summed E-state index contributed by atoms with van der Waals surface area (Å²) in [5, 5.41) is 6.75. The number of carbonyl (C=O) groups excluding carboxylic acids is 1. The molecule has 0 saturated heterocycles. The third-order valence-electron chi connectivity index (χ3n) is 4.00. The summed E-state index contributed by atoms with van der Waals surface area (Å²) in [7, 11) is 0. The van der Waals surface area contributed by atoms with E-state index in [2.05, 4.69) is 10.6 Å². The summed E-state index contributed by atoms with van der Waals surface area (Å²) in [5.41, 5.74) is 3.51. The van der Waals surface area contributed by atoms with Crippen LogP contribution in [0.15, 0.2) is 48.0 Å². The molecule has 0 bridgehead atoms. The van der Waals surface area contributed by atoms with Gasteiger partial charge in [-0.1, -0.05) is 41.4 Å². The number of hydrogen-bond acceptors (Lipinski definition) is 2. The van der Waals surface area contributed by atoms with Crippen LogP contribution in [0.4, 0.5) is 4.79 Å². The lowest BCUT2D eigenvalue weighted by atomic mass is 9.91. The number of urea groups is 1. The van der Waals surface area contributed by atoms with Crippen LogP contribution in [-0.2, 0) is 0 Å². The van der Waals surface area contributed by atoms with Crippen LogP contribution in [0.2, 0.25) is 10.0 Å². The minimum Gasteiger partial charge on any atom is -0.488 e. The molecule has 2 heterocycles. The minimum absolute atomic E-state index is 0.253. The molecule has 0 saturated carbocycles. The Kier molecular flexibility index (Phi) is 3.43. The fourth-order valence-corrected chi connectivity index (χ4v) is 3.23. The summed E-state index contributed by atoms with van der Waals surface area (Å²) in [6.07, 6.45) is 0. The quantitative estimate of drug-likeness (QED) is 0.814. The number of nitrogens with one attached hydrogen (secondary N) is 2. The summed E-state index contributed by atoms with van der Waals surface area (Å²) in [6, 6.07) is 12.4. The number of hydrogen-bond donors (Lipinski definition) is 2. The number of halogens is 2. The van der Waals surface area contributed by atoms with Crippen molar-refractivity contribution in [3.8, 4) is 5.75 Å². The predicted octanol–water partition coefficient (Wildman–Crippen LogP) is 4.15. The van der Waals surface area contributed by atoms with Gasteiger partial charge in [-0.05, 0) is 29.8 Å². The van der Waals surface area contributed by atoms with E-state index in [0.29, 0.717) is 16.7 Å². The van der Waals surface area contributed by atoms with Crippen LogP contribution >= 0.6 is 23.2 Å². The number of para-hydroxylation sites is 1. The van der Waals surface area contributed by atoms with Gasteiger partial charge in [-0.25, -0.2) is 4.79 Å². The third-order valence-corrected chi connectivity index (χ3v) is 4.74. The zero-order chi connectivity index (χ0) is 16.0. The van der Waals surface area contributed by atoms with Crippen LogP contribution < -0.4 is 15.4 Å². The molecular weight excluding hydrogens is 335 g/mol. The number of amides is 2. The molecule has 0 aromatic heterocycles. The molecule has 2 aromatic rings. The second-order valence-corrected chi connectivity index (χ2v) is 6.20. The molecule has 23 heavy (non-hydrogen) atoms. The highest BCUT2D eigenvalue weighted by atomic mass is 35.5. The lowest BCUT2D eigenvalue weighted by Crippen LogP contribution is -2.45. The first kappa shape index (κ1) is 14.4. The van der Waals surface area contributed by atoms with E-state index >= 15 is 0 Å². The molecule has 116 valence electrons. The van der Waals surface area contributed by atoms with Gasteiger partial charge < -0.3 is 15.4 Å². The van der Waals surface area contributed by atoms with Crippen LogP contribution in [0.5, 0.6) is 5.75 Å². The molecule has 1 atom stereocenters. The lowest BCUT2D eigenvalue weighted by Gasteiger charge is -2.34. The van der Waals surface area contributed by atoms with E-state index in [0.717, 1.165) is 28.1 Å². The van der Waals surface area contributed by atoms with E-state index in [-0.39, 0.29) is 12.1 Å². The van der Waals surface area contributed by atoms with Gasteiger partial charge in [0.15, 0.2) is 0 Å². The van der Waals surface area contributed by atoms with Gasteiger partial charge in [-0.2, -0.15) is 0 Å². The van der Waals surface area contributed by atoms with E-state index in [1.165, 1.54) is 0 Å². The molecule has 2 aliphatic heterocycles. The Morgan fingerprint density at radius 1 is 1.09 bits per heavy atom. The standard InChI is InChI=1S/C17H12Cl2N2O2/c18-12-6-5-9(7-13(12)19)15-11-8-23-14-4-2-1-3-10(14)16(11)21-17(22)20-15/h1-7,15H,8H2,(H2,20,21,22). The highest BCUT2D eigenvalue weighted by Gasteiger charge is 2.33. The summed E-state index contributed by atoms with van der Waals surface area (Å²) in [6.45, 7) is 0.393. The fraction of sp³-hybridized carbons (Fsp3) is 0.118. The monoisotopic (exact) mass is 346 g/mol. The van der Waals surface area contributed by atoms with E-state index < -0.39 is 0 Å². The molecule has 6 heteroatoms. The summed E-state index contributed by atoms with van der Waals surface area (Å²) >= 11 is 12.1. The van der Waals surface area contributed by atoms with E-state index in [4.69, 9.17) is 27.9 Å². The maximum Gasteiger partial charge on any atom is 0.320 e. The maximum absolute atomic E-state index is 12.1. The normalized spacial score (nSPS) is 19.2. The number of fused-ring (bicyclic) bond motifs is 2. The zero-order valence-electron chi connectivity index (χ0n) is 11.9. The van der Waals surface area contributed by atoms with Crippen molar-refractivity contribution in [3.63, 3.8) is 0 Å². The van der Waals surface area contributed by atoms with Crippen molar-refractivity contribution in [1.29, 1.82) is 0 Å². The minimum atomic E-state index is -0.304. The van der Waals surface area contributed by atoms with Crippen LogP contribution in [0.3, 0.4) is 0 Å². The second-order valence-electron chi connectivity index (χ2n) is 5.39. The first-order valence-corrected chi connectivity index (χ1v) is 7.87. The Hall–Kier alpha value is -2.17. The molecule has 1 unspecified atom stereocenters. The number of carbonyl (C=O) groups is 1. The van der Waals surface area contributed by atoms with Crippen molar-refractivity contribution in [2.24, 2.45) is 0 Å². The highest BCUT2D eigenvalue weighted by Crippen LogP contribution is 2.39. The molecule has 0 spiro atoms. The van der Waals surface area contributed by atoms with Gasteiger partial charge in [0.2, 0.25) is 0 Å². The average Bonchev–Trinajstić information content (AvgIpc) is 2.56. The SMILES string of the molecule is O=C1NC2=C(COc3ccccc32)C(c2ccc(Cl)c(Cl)c2)N1. The van der Waals surface area contributed by atoms with Crippen LogP contribution in [0.25, 0.3) is 5.70 Å². The van der Waals surface area contributed by atoms with Gasteiger partial charge in [0.05, 0.1) is 21.8 Å². The molecule has 2 N–H and O–H groups in total. The molecule has 0 fully saturated rings. The van der Waals surface area contributed by atoms with Crippen molar-refractivity contribution < 1.29 is 9.53 Å². The van der Waals surface area contributed by atoms with E-state index in [1.807, 2.05) is 30.3 Å². The first-order valence-electron chi connectivity index (χ1n) is 7.11. The average molecular weight is 347 g/mol. The van der Waals surface area contributed by atoms with Crippen LogP contribution in [0.1, 0.15) is 17.2 Å². The largest absolute Gasteiger partial charge is 0.488 e. The van der Waals surface area contributed by atoms with Crippen LogP contribution in [-0.4, -0.2) is 12.6 Å². The van der Waals surface area contributed by atoms with Gasteiger partial charge >= 0.3 is 6.03 Å². The molecule has 2 aliphatic rings. The molecule has 0 radical (unpaired) electrons. The summed E-state index contributed by atoms with van der Waals surface area (Å²) in [4.78, 5) is 12.1. The summed E-state index contributed by atoms with van der Waals surface area (Å²) in [5.74, 6) is 0.765. The molecule has 4 nitrogen and oxygen atoms in total. The zero-order valence-corrected chi connectivity index (χ0v) is 13.4. The Morgan fingerprint density at radius 3 is 2.74 bits per heavy atom. The topological polar surface area (TPSA) is 50.4 Å². The lowest BCUT2D eigenvalue weighted by molar-refractivity contribution is 0.237. The smallest absolute Gasteiger partial charge is 0.320 e. The Bertz CT molecular complexity index is 848. The van der Waals surface area contributed by atoms with Gasteiger partial charge in [0, 0.05) is 11.1 Å². The first-order chi connectivity index (χ1) is 11.1. The number of ether oxygens (including phenoxy) is 1. The predicted molar refractivity (Wildman–Crippen MR) is 89.7 cm³/mol. The molecule has 2 aromatic carbocycles. The number of rotatable bonds is 1. The summed E-state index contributed by atoms with van der Waals surface area (Å²) < 4.78 is 5.83. The van der Waals surface area contributed by atoms with E-state index in [9.17, 15) is 4.79 Å². The Balaban J connectivity index is 1.85. The molecule has 0 aliphatic carbocycles. The van der Waals surface area contributed by atoms with Crippen LogP contribution in [0, 0.1) is 0 Å². The van der Waals surface area contributed by atoms with E-state index in [1.54, 1.807) is 12.1 Å². The highest BCUT2D eigenvalue weighted by molar-refractivity contribution is 6.42. The Labute approximate surface area is 143 Å². The van der Waals surface area contributed by atoms with Crippen molar-refractivity contribution in [3.05, 3.63) is 69.2 Å². The fourth-order valence-electron chi connectivity index (χ4n) is 2.92. The van der Waals surface area contributed by atoms with Gasteiger partial charge in [0.1, 0.15) is 12.4 Å². The molecule has 4 rings (SSSR count). The van der Waals surface area contributed by atoms with Gasteiger partial charge in [-0.3, -0.25) is 0 Å². The number of benzene rings is 2. The maximum atomic E-state index is 12.1. The second kappa shape index (κ2) is 5.48. The van der Waals surface area contributed by atoms with Gasteiger partial charge in [-0.15, -0.1) is 0 Å². The van der Waals surface area contributed by atoms with Crippen molar-refractivity contribution >= 4 is 34.9 Å². The molecule has 2 amide bonds. The van der Waals surface area contributed by atoms with Crippen molar-refractivity contribution in [2.75, 3.05) is 6.61 Å².